The van der Waals surface area contributed by atoms with E-state index < -0.39 is 0 Å². The van der Waals surface area contributed by atoms with E-state index in [2.05, 4.69) is 38.7 Å². The largest absolute Gasteiger partial charge is 0.477 e. The van der Waals surface area contributed by atoms with Crippen LogP contribution in [0.5, 0.6) is 5.88 Å². The number of thiazole rings is 1. The van der Waals surface area contributed by atoms with Gasteiger partial charge in [0.25, 0.3) is 5.91 Å². The number of piperazine rings is 1. The van der Waals surface area contributed by atoms with Crippen LogP contribution >= 0.6 is 11.3 Å². The van der Waals surface area contributed by atoms with Gasteiger partial charge in [0.05, 0.1) is 12.3 Å². The Bertz CT molecular complexity index is 986. The fraction of sp³-hybridized carbons (Fsp3) is 0.381. The third-order valence-corrected chi connectivity index (χ3v) is 5.56. The van der Waals surface area contributed by atoms with Gasteiger partial charge in [0.1, 0.15) is 22.8 Å². The maximum atomic E-state index is 12.9. The SMILES string of the molecule is CC(C)COc1cc(N2CCN(C(=O)c3csc(-c4ccccn4)n3)CC2)ncn1. The van der Waals surface area contributed by atoms with Gasteiger partial charge in [0, 0.05) is 43.8 Å². The Hall–Kier alpha value is -3.07. The van der Waals surface area contributed by atoms with E-state index in [0.717, 1.165) is 16.5 Å². The first-order valence-electron chi connectivity index (χ1n) is 9.96. The Balaban J connectivity index is 1.36. The van der Waals surface area contributed by atoms with Crippen LogP contribution in [0.3, 0.4) is 0 Å². The average Bonchev–Trinajstić information content (AvgIpc) is 3.28. The molecular weight excluding hydrogens is 400 g/mol. The van der Waals surface area contributed by atoms with E-state index in [9.17, 15) is 4.79 Å². The first-order valence-corrected chi connectivity index (χ1v) is 10.8. The molecule has 1 amide bonds. The Morgan fingerprint density at radius 3 is 2.73 bits per heavy atom. The number of amides is 1. The van der Waals surface area contributed by atoms with E-state index in [1.165, 1.54) is 17.7 Å². The summed E-state index contributed by atoms with van der Waals surface area (Å²) in [6.45, 7) is 7.43. The van der Waals surface area contributed by atoms with Gasteiger partial charge in [-0.2, -0.15) is 0 Å². The Morgan fingerprint density at radius 2 is 2.00 bits per heavy atom. The Kier molecular flexibility index (Phi) is 6.18. The summed E-state index contributed by atoms with van der Waals surface area (Å²) in [5.74, 6) is 1.79. The molecule has 4 heterocycles. The molecule has 0 aliphatic carbocycles. The highest BCUT2D eigenvalue weighted by atomic mass is 32.1. The number of carbonyl (C=O) groups is 1. The van der Waals surface area contributed by atoms with Crippen molar-refractivity contribution in [3.8, 4) is 16.6 Å². The van der Waals surface area contributed by atoms with Crippen molar-refractivity contribution in [3.05, 3.63) is 47.9 Å². The Morgan fingerprint density at radius 1 is 1.17 bits per heavy atom. The van der Waals surface area contributed by atoms with Crippen molar-refractivity contribution < 1.29 is 9.53 Å². The van der Waals surface area contributed by atoms with Gasteiger partial charge in [-0.15, -0.1) is 11.3 Å². The second-order valence-electron chi connectivity index (χ2n) is 7.45. The summed E-state index contributed by atoms with van der Waals surface area (Å²) in [5, 5.41) is 2.56. The molecule has 0 radical (unpaired) electrons. The Labute approximate surface area is 179 Å². The summed E-state index contributed by atoms with van der Waals surface area (Å²) in [4.78, 5) is 34.2. The number of rotatable bonds is 6. The average molecular weight is 425 g/mol. The molecule has 0 spiro atoms. The summed E-state index contributed by atoms with van der Waals surface area (Å²) < 4.78 is 5.70. The van der Waals surface area contributed by atoms with Gasteiger partial charge in [0.2, 0.25) is 5.88 Å². The smallest absolute Gasteiger partial charge is 0.273 e. The molecule has 0 N–H and O–H groups in total. The summed E-state index contributed by atoms with van der Waals surface area (Å²) in [6, 6.07) is 7.53. The fourth-order valence-electron chi connectivity index (χ4n) is 3.11. The van der Waals surface area contributed by atoms with E-state index >= 15 is 0 Å². The summed E-state index contributed by atoms with van der Waals surface area (Å²) in [7, 11) is 0. The lowest BCUT2D eigenvalue weighted by Crippen LogP contribution is -2.49. The van der Waals surface area contributed by atoms with Crippen molar-refractivity contribution in [3.63, 3.8) is 0 Å². The van der Waals surface area contributed by atoms with Gasteiger partial charge < -0.3 is 14.5 Å². The van der Waals surface area contributed by atoms with Crippen molar-refractivity contribution in [1.82, 2.24) is 24.8 Å². The molecule has 0 atom stereocenters. The van der Waals surface area contributed by atoms with Crippen LogP contribution in [0.15, 0.2) is 42.2 Å². The third kappa shape index (κ3) is 4.73. The number of ether oxygens (including phenoxy) is 1. The number of anilines is 1. The van der Waals surface area contributed by atoms with Crippen molar-refractivity contribution in [2.45, 2.75) is 13.8 Å². The molecule has 0 saturated carbocycles. The summed E-state index contributed by atoms with van der Waals surface area (Å²) in [6.07, 6.45) is 3.25. The zero-order valence-electron chi connectivity index (χ0n) is 17.1. The molecule has 1 aliphatic rings. The summed E-state index contributed by atoms with van der Waals surface area (Å²) in [5.41, 5.74) is 1.26. The lowest BCUT2D eigenvalue weighted by Gasteiger charge is -2.35. The van der Waals surface area contributed by atoms with Crippen LogP contribution in [0.4, 0.5) is 5.82 Å². The second-order valence-corrected chi connectivity index (χ2v) is 8.31. The number of pyridine rings is 1. The van der Waals surface area contributed by atoms with Gasteiger partial charge >= 0.3 is 0 Å². The maximum absolute atomic E-state index is 12.9. The molecule has 3 aromatic heterocycles. The van der Waals surface area contributed by atoms with Crippen LogP contribution in [0.25, 0.3) is 10.7 Å². The molecule has 1 aliphatic heterocycles. The van der Waals surface area contributed by atoms with Crippen LogP contribution in [0, 0.1) is 5.92 Å². The maximum Gasteiger partial charge on any atom is 0.273 e. The van der Waals surface area contributed by atoms with Crippen LogP contribution in [0.2, 0.25) is 0 Å². The normalized spacial score (nSPS) is 14.2. The third-order valence-electron chi connectivity index (χ3n) is 4.69. The molecular formula is C21H24N6O2S. The number of hydrogen-bond acceptors (Lipinski definition) is 8. The minimum absolute atomic E-state index is 0.0447. The summed E-state index contributed by atoms with van der Waals surface area (Å²) >= 11 is 1.44. The second kappa shape index (κ2) is 9.17. The van der Waals surface area contributed by atoms with Gasteiger partial charge in [-0.1, -0.05) is 19.9 Å². The lowest BCUT2D eigenvalue weighted by molar-refractivity contribution is 0.0741. The molecule has 0 unspecified atom stereocenters. The number of nitrogens with zero attached hydrogens (tertiary/aromatic N) is 6. The zero-order chi connectivity index (χ0) is 20.9. The zero-order valence-corrected chi connectivity index (χ0v) is 17.9. The van der Waals surface area contributed by atoms with E-state index in [1.54, 1.807) is 6.20 Å². The van der Waals surface area contributed by atoms with Crippen molar-refractivity contribution in [2.24, 2.45) is 5.92 Å². The standard InChI is InChI=1S/C21H24N6O2S/c1-15(2)12-29-19-11-18(23-14-24-19)26-7-9-27(10-8-26)21(28)17-13-30-20(25-17)16-5-3-4-6-22-16/h3-6,11,13-15H,7-10,12H2,1-2H3. The minimum atomic E-state index is -0.0447. The quantitative estimate of drug-likeness (QED) is 0.601. The van der Waals surface area contributed by atoms with Crippen molar-refractivity contribution in [1.29, 1.82) is 0 Å². The first-order chi connectivity index (χ1) is 14.6. The predicted molar refractivity (Wildman–Crippen MR) is 116 cm³/mol. The topological polar surface area (TPSA) is 84.3 Å². The van der Waals surface area contributed by atoms with Gasteiger partial charge in [-0.3, -0.25) is 9.78 Å². The van der Waals surface area contributed by atoms with Gasteiger partial charge in [0.15, 0.2) is 0 Å². The van der Waals surface area contributed by atoms with E-state index in [4.69, 9.17) is 4.74 Å². The highest BCUT2D eigenvalue weighted by Gasteiger charge is 2.25. The number of aromatic nitrogens is 4. The van der Waals surface area contributed by atoms with Crippen molar-refractivity contribution >= 4 is 23.1 Å². The van der Waals surface area contributed by atoms with Crippen LogP contribution in [-0.4, -0.2) is 63.5 Å². The fourth-order valence-corrected chi connectivity index (χ4v) is 3.88. The van der Waals surface area contributed by atoms with E-state index in [1.807, 2.05) is 34.5 Å². The van der Waals surface area contributed by atoms with Crippen LogP contribution in [0.1, 0.15) is 24.3 Å². The minimum Gasteiger partial charge on any atom is -0.477 e. The molecule has 30 heavy (non-hydrogen) atoms. The molecule has 4 rings (SSSR count). The molecule has 0 bridgehead atoms. The molecule has 8 nitrogen and oxygen atoms in total. The monoisotopic (exact) mass is 424 g/mol. The van der Waals surface area contributed by atoms with Crippen molar-refractivity contribution in [2.75, 3.05) is 37.7 Å². The highest BCUT2D eigenvalue weighted by molar-refractivity contribution is 7.13. The molecule has 156 valence electrons. The predicted octanol–water partition coefficient (Wildman–Crippen LogP) is 2.99. The van der Waals surface area contributed by atoms with Gasteiger partial charge in [-0.25, -0.2) is 15.0 Å². The lowest BCUT2D eigenvalue weighted by atomic mass is 10.2. The molecule has 1 fully saturated rings. The molecule has 3 aromatic rings. The molecule has 1 saturated heterocycles. The number of hydrogen-bond donors (Lipinski definition) is 0. The van der Waals surface area contributed by atoms with E-state index in [0.29, 0.717) is 50.3 Å². The molecule has 0 aromatic carbocycles. The van der Waals surface area contributed by atoms with Crippen LogP contribution in [-0.2, 0) is 0 Å². The van der Waals surface area contributed by atoms with E-state index in [-0.39, 0.29) is 5.91 Å². The highest BCUT2D eigenvalue weighted by Crippen LogP contribution is 2.23. The number of carbonyl (C=O) groups excluding carboxylic acids is 1. The van der Waals surface area contributed by atoms with Crippen LogP contribution < -0.4 is 9.64 Å². The van der Waals surface area contributed by atoms with Gasteiger partial charge in [-0.05, 0) is 18.1 Å². The molecule has 9 heteroatoms. The first kappa shape index (κ1) is 20.2.